The maximum Gasteiger partial charge on any atom is 0.407 e. The van der Waals surface area contributed by atoms with Crippen LogP contribution in [0.5, 0.6) is 0 Å². The zero-order valence-electron chi connectivity index (χ0n) is 19.1. The van der Waals surface area contributed by atoms with Crippen LogP contribution >= 0.6 is 0 Å². The molecule has 2 aromatic rings. The third-order valence-electron chi connectivity index (χ3n) is 7.04. The maximum absolute atomic E-state index is 13.3. The van der Waals surface area contributed by atoms with E-state index in [9.17, 15) is 14.4 Å². The van der Waals surface area contributed by atoms with Crippen LogP contribution in [-0.2, 0) is 14.3 Å². The monoisotopic (exact) mass is 462 g/mol. The summed E-state index contributed by atoms with van der Waals surface area (Å²) in [5, 5.41) is 11.9. The van der Waals surface area contributed by atoms with Crippen LogP contribution in [0.2, 0.25) is 0 Å². The molecule has 2 N–H and O–H groups in total. The second-order valence-electron chi connectivity index (χ2n) is 9.61. The van der Waals surface area contributed by atoms with E-state index in [1.165, 1.54) is 0 Å². The molecule has 2 aromatic carbocycles. The van der Waals surface area contributed by atoms with Gasteiger partial charge < -0.3 is 20.1 Å². The molecule has 3 aliphatic rings. The Bertz CT molecular complexity index is 1050. The number of ether oxygens (including phenoxy) is 1. The number of hydrogen-bond acceptors (Lipinski definition) is 4. The number of fused-ring (bicyclic) bond motifs is 3. The summed E-state index contributed by atoms with van der Waals surface area (Å²) in [5.41, 5.74) is 4.59. The highest BCUT2D eigenvalue weighted by Gasteiger charge is 2.39. The molecule has 2 fully saturated rings. The summed E-state index contributed by atoms with van der Waals surface area (Å²) in [6.07, 6.45) is 3.74. The fourth-order valence-corrected chi connectivity index (χ4v) is 4.97. The van der Waals surface area contributed by atoms with Crippen LogP contribution in [0.1, 0.15) is 55.6 Å². The Morgan fingerprint density at radius 3 is 2.15 bits per heavy atom. The van der Waals surface area contributed by atoms with Crippen LogP contribution in [0.15, 0.2) is 48.5 Å². The zero-order valence-corrected chi connectivity index (χ0v) is 19.1. The van der Waals surface area contributed by atoms with E-state index in [1.807, 2.05) is 24.3 Å². The number of nitrogens with zero attached hydrogens (tertiary/aromatic N) is 1. The molecule has 0 radical (unpaired) electrons. The molecule has 2 saturated carbocycles. The first-order chi connectivity index (χ1) is 16.5. The molecule has 1 atom stereocenters. The van der Waals surface area contributed by atoms with Crippen molar-refractivity contribution in [2.24, 2.45) is 5.92 Å². The molecule has 0 aromatic heterocycles. The number of hydrogen-bond donors (Lipinski definition) is 2. The number of aliphatic carboxylic acids is 1. The van der Waals surface area contributed by atoms with Gasteiger partial charge in [0.15, 0.2) is 0 Å². The molecule has 7 heteroatoms. The summed E-state index contributed by atoms with van der Waals surface area (Å²) in [6.45, 7) is 0.363. The Morgan fingerprint density at radius 2 is 1.59 bits per heavy atom. The molecule has 5 rings (SSSR count). The number of carbonyl (C=O) groups excluding carboxylic acids is 2. The standard InChI is InChI=1S/C27H30N2O5/c30-25(31)13-14-29(18-11-12-18)26(32)24(15-17-9-10-17)28-27(33)34-16-23-21-7-3-1-5-19(21)20-6-2-4-8-22(20)23/h1-8,17-18,23-24H,9-16H2,(H,28,33)(H,30,31). The van der Waals surface area contributed by atoms with Gasteiger partial charge >= 0.3 is 12.1 Å². The predicted molar refractivity (Wildman–Crippen MR) is 126 cm³/mol. The largest absolute Gasteiger partial charge is 0.481 e. The smallest absolute Gasteiger partial charge is 0.407 e. The average Bonchev–Trinajstić information content (AvgIpc) is 3.76. The summed E-state index contributed by atoms with van der Waals surface area (Å²) >= 11 is 0. The molecule has 34 heavy (non-hydrogen) atoms. The number of rotatable bonds is 10. The summed E-state index contributed by atoms with van der Waals surface area (Å²) < 4.78 is 5.66. The van der Waals surface area contributed by atoms with Gasteiger partial charge in [0.25, 0.3) is 0 Å². The molecule has 0 aliphatic heterocycles. The number of carboxylic acid groups (broad SMARTS) is 1. The first-order valence-electron chi connectivity index (χ1n) is 12.1. The molecular weight excluding hydrogens is 432 g/mol. The fraction of sp³-hybridized carbons (Fsp3) is 0.444. The van der Waals surface area contributed by atoms with E-state index in [0.717, 1.165) is 47.9 Å². The van der Waals surface area contributed by atoms with Crippen molar-refractivity contribution in [1.29, 1.82) is 0 Å². The van der Waals surface area contributed by atoms with Gasteiger partial charge in [0, 0.05) is 18.5 Å². The molecule has 0 spiro atoms. The minimum atomic E-state index is -0.929. The van der Waals surface area contributed by atoms with Crippen molar-refractivity contribution >= 4 is 18.0 Å². The molecule has 2 amide bonds. The third kappa shape index (κ3) is 4.93. The Kier molecular flexibility index (Phi) is 6.26. The van der Waals surface area contributed by atoms with E-state index in [0.29, 0.717) is 12.3 Å². The maximum atomic E-state index is 13.3. The van der Waals surface area contributed by atoms with E-state index in [2.05, 4.69) is 29.6 Å². The average molecular weight is 463 g/mol. The summed E-state index contributed by atoms with van der Waals surface area (Å²) in [5.74, 6) is -0.747. The molecule has 0 bridgehead atoms. The lowest BCUT2D eigenvalue weighted by Crippen LogP contribution is -2.50. The van der Waals surface area contributed by atoms with Gasteiger partial charge in [-0.15, -0.1) is 0 Å². The lowest BCUT2D eigenvalue weighted by atomic mass is 9.98. The number of nitrogens with one attached hydrogen (secondary N) is 1. The minimum absolute atomic E-state index is 0.0470. The van der Waals surface area contributed by atoms with Gasteiger partial charge in [0.1, 0.15) is 12.6 Å². The topological polar surface area (TPSA) is 95.9 Å². The van der Waals surface area contributed by atoms with Crippen molar-refractivity contribution in [2.45, 2.75) is 56.5 Å². The predicted octanol–water partition coefficient (Wildman–Crippen LogP) is 4.16. The van der Waals surface area contributed by atoms with Crippen LogP contribution in [0, 0.1) is 5.92 Å². The van der Waals surface area contributed by atoms with Crippen LogP contribution in [0.3, 0.4) is 0 Å². The van der Waals surface area contributed by atoms with E-state index in [-0.39, 0.29) is 37.4 Å². The summed E-state index contributed by atoms with van der Waals surface area (Å²) in [6, 6.07) is 15.7. The van der Waals surface area contributed by atoms with Gasteiger partial charge in [-0.2, -0.15) is 0 Å². The molecule has 178 valence electrons. The lowest BCUT2D eigenvalue weighted by molar-refractivity contribution is -0.139. The van der Waals surface area contributed by atoms with Crippen LogP contribution in [0.25, 0.3) is 11.1 Å². The third-order valence-corrected chi connectivity index (χ3v) is 7.04. The first-order valence-corrected chi connectivity index (χ1v) is 12.1. The number of alkyl carbamates (subject to hydrolysis) is 1. The molecule has 3 aliphatic carbocycles. The first kappa shape index (κ1) is 22.4. The van der Waals surface area contributed by atoms with E-state index < -0.39 is 18.1 Å². The fourth-order valence-electron chi connectivity index (χ4n) is 4.97. The number of amides is 2. The van der Waals surface area contributed by atoms with Crippen molar-refractivity contribution in [2.75, 3.05) is 13.2 Å². The number of benzene rings is 2. The molecule has 1 unspecified atom stereocenters. The normalized spacial score (nSPS) is 17.4. The van der Waals surface area contributed by atoms with Gasteiger partial charge in [-0.05, 0) is 47.4 Å². The summed E-state index contributed by atoms with van der Waals surface area (Å²) in [7, 11) is 0. The van der Waals surface area contributed by atoms with Crippen LogP contribution in [-0.4, -0.2) is 53.2 Å². The second kappa shape index (κ2) is 9.49. The molecular formula is C27H30N2O5. The highest BCUT2D eigenvalue weighted by atomic mass is 16.5. The van der Waals surface area contributed by atoms with Crippen LogP contribution in [0.4, 0.5) is 4.79 Å². The summed E-state index contributed by atoms with van der Waals surface area (Å²) in [4.78, 5) is 38.8. The van der Waals surface area contributed by atoms with Gasteiger partial charge in [-0.3, -0.25) is 9.59 Å². The van der Waals surface area contributed by atoms with Crippen molar-refractivity contribution < 1.29 is 24.2 Å². The highest BCUT2D eigenvalue weighted by Crippen LogP contribution is 2.44. The quantitative estimate of drug-likeness (QED) is 0.553. The Balaban J connectivity index is 1.25. The van der Waals surface area contributed by atoms with Crippen molar-refractivity contribution in [3.05, 3.63) is 59.7 Å². The van der Waals surface area contributed by atoms with E-state index >= 15 is 0 Å². The lowest BCUT2D eigenvalue weighted by Gasteiger charge is -2.27. The van der Waals surface area contributed by atoms with Crippen LogP contribution < -0.4 is 5.32 Å². The van der Waals surface area contributed by atoms with Crippen molar-refractivity contribution in [1.82, 2.24) is 10.2 Å². The Hall–Kier alpha value is -3.35. The molecule has 0 heterocycles. The zero-order chi connectivity index (χ0) is 23.7. The number of carbonyl (C=O) groups is 3. The van der Waals surface area contributed by atoms with E-state index in [4.69, 9.17) is 9.84 Å². The van der Waals surface area contributed by atoms with Crippen molar-refractivity contribution in [3.63, 3.8) is 0 Å². The number of carboxylic acids is 1. The Labute approximate surface area is 199 Å². The van der Waals surface area contributed by atoms with Gasteiger partial charge in [-0.25, -0.2) is 4.79 Å². The second-order valence-corrected chi connectivity index (χ2v) is 9.61. The van der Waals surface area contributed by atoms with Gasteiger partial charge in [-0.1, -0.05) is 61.4 Å². The SMILES string of the molecule is O=C(O)CCN(C(=O)C(CC1CC1)NC(=O)OCC1c2ccccc2-c2ccccc21)C1CC1. The Morgan fingerprint density at radius 1 is 0.971 bits per heavy atom. The molecule has 7 nitrogen and oxygen atoms in total. The van der Waals surface area contributed by atoms with Gasteiger partial charge in [0.05, 0.1) is 6.42 Å². The van der Waals surface area contributed by atoms with Gasteiger partial charge in [0.2, 0.25) is 5.91 Å². The van der Waals surface area contributed by atoms with Crippen molar-refractivity contribution in [3.8, 4) is 11.1 Å². The van der Waals surface area contributed by atoms with E-state index in [1.54, 1.807) is 4.90 Å². The minimum Gasteiger partial charge on any atom is -0.481 e. The highest BCUT2D eigenvalue weighted by molar-refractivity contribution is 5.86. The molecule has 0 saturated heterocycles.